The van der Waals surface area contributed by atoms with E-state index in [9.17, 15) is 24.8 Å². The molecule has 2 aromatic heterocycles. The van der Waals surface area contributed by atoms with E-state index in [1.165, 1.54) is 71.9 Å². The number of rotatable bonds is 11. The van der Waals surface area contributed by atoms with Gasteiger partial charge in [0.25, 0.3) is 12.0 Å². The molecule has 1 amide bonds. The number of nitro groups is 1. The molecular weight excluding hydrogens is 689 g/mol. The molecule has 0 unspecified atom stereocenters. The molecule has 1 N–H and O–H groups in total. The summed E-state index contributed by atoms with van der Waals surface area (Å²) >= 11 is 3.26. The van der Waals surface area contributed by atoms with Crippen LogP contribution in [-0.2, 0) is 34.0 Å². The van der Waals surface area contributed by atoms with Crippen molar-refractivity contribution in [1.82, 2.24) is 14.2 Å². The molecule has 4 atom stereocenters. The topological polar surface area (TPSA) is 122 Å². The van der Waals surface area contributed by atoms with Crippen LogP contribution in [0.15, 0.2) is 71.8 Å². The van der Waals surface area contributed by atoms with Crippen LogP contribution in [0.3, 0.4) is 0 Å². The number of carbonyl (C=O) groups excluding carboxylic acids is 2. The molecule has 266 valence electrons. The van der Waals surface area contributed by atoms with Gasteiger partial charge in [0.05, 0.1) is 47.5 Å². The Morgan fingerprint density at radius 3 is 2.51 bits per heavy atom. The van der Waals surface area contributed by atoms with Crippen LogP contribution in [0.4, 0.5) is 5.69 Å². The van der Waals surface area contributed by atoms with Crippen LogP contribution in [-0.4, -0.2) is 98.3 Å². The fourth-order valence-electron chi connectivity index (χ4n) is 8.57. The van der Waals surface area contributed by atoms with Gasteiger partial charge < -0.3 is 19.2 Å². The predicted octanol–water partition coefficient (Wildman–Crippen LogP) is 3.92. The van der Waals surface area contributed by atoms with Gasteiger partial charge in [-0.15, -0.1) is 0 Å². The Morgan fingerprint density at radius 1 is 1.14 bits per heavy atom. The number of thioether (sulfide) groups is 1. The number of nitro benzene ring substituents is 1. The Balaban J connectivity index is 1.07. The highest BCUT2D eigenvalue weighted by Gasteiger charge is 2.60. The number of nitrogens with zero attached hydrogens (tertiary/aromatic N) is 6. The van der Waals surface area contributed by atoms with Gasteiger partial charge in [-0.05, 0) is 42.5 Å². The van der Waals surface area contributed by atoms with Crippen molar-refractivity contribution in [3.63, 3.8) is 0 Å². The summed E-state index contributed by atoms with van der Waals surface area (Å²) in [4.78, 5) is 43.7. The number of benzene rings is 2. The van der Waals surface area contributed by atoms with Crippen molar-refractivity contribution in [2.24, 2.45) is 11.8 Å². The second-order valence-corrected chi connectivity index (χ2v) is 16.2. The van der Waals surface area contributed by atoms with Crippen LogP contribution in [0.5, 0.6) is 0 Å². The Hall–Kier alpha value is -4.08. The van der Waals surface area contributed by atoms with Crippen LogP contribution in [0, 0.1) is 22.0 Å². The zero-order chi connectivity index (χ0) is 35.6. The van der Waals surface area contributed by atoms with Crippen molar-refractivity contribution < 1.29 is 33.4 Å². The number of non-ortho nitro benzene ring substituents is 1. The lowest BCUT2D eigenvalue weighted by atomic mass is 9.77. The number of hydrogen-bond donors (Lipinski definition) is 1. The van der Waals surface area contributed by atoms with Gasteiger partial charge in [0.2, 0.25) is 15.8 Å². The van der Waals surface area contributed by atoms with E-state index in [0.717, 1.165) is 33.4 Å². The maximum atomic E-state index is 13.8. The second kappa shape index (κ2) is 13.2. The maximum Gasteiger partial charge on any atom is 0.355 e. The first-order chi connectivity index (χ1) is 24.6. The molecule has 9 rings (SSSR count). The molecule has 5 aliphatic heterocycles. The number of quaternary nitrogens is 1. The SMILES string of the molecule is CSc1c2sc(C3=C(C(=O)OCc4ccc([N+](=O)[O-])cc4)N4C(=O)[C@H]([C@@H](C)O)[C@H]4[C@H]3C)cn2c[n+]1Cc1cccc(C[N+]23CCN(CC2)CC3)c1. The lowest BCUT2D eigenvalue weighted by Gasteiger charge is -2.50. The normalized spacial score (nSPS) is 26.0. The molecule has 12 nitrogen and oxygen atoms in total. The molecular formula is C37H42N6O6S2+2. The number of ether oxygens (including phenoxy) is 1. The average Bonchev–Trinajstić information content (AvgIpc) is 3.74. The number of β-lactam (4-membered cyclic amide) rings is 1. The minimum atomic E-state index is -0.855. The summed E-state index contributed by atoms with van der Waals surface area (Å²) in [5.74, 6) is -1.75. The molecule has 51 heavy (non-hydrogen) atoms. The van der Waals surface area contributed by atoms with E-state index in [-0.39, 0.29) is 35.9 Å². The molecule has 0 spiro atoms. The van der Waals surface area contributed by atoms with Gasteiger partial charge in [-0.25, -0.2) is 9.36 Å². The number of fused-ring (bicyclic) bond motifs is 5. The van der Waals surface area contributed by atoms with E-state index < -0.39 is 22.9 Å². The third-order valence-corrected chi connectivity index (χ3v) is 13.4. The molecule has 4 fully saturated rings. The number of carbonyl (C=O) groups is 2. The Bertz CT molecular complexity index is 2050. The average molecular weight is 731 g/mol. The molecule has 2 aromatic carbocycles. The number of aromatic nitrogens is 2. The number of amides is 1. The van der Waals surface area contributed by atoms with Crippen LogP contribution >= 0.6 is 23.1 Å². The largest absolute Gasteiger partial charge is 0.456 e. The van der Waals surface area contributed by atoms with E-state index in [4.69, 9.17) is 4.74 Å². The number of imidazole rings is 1. The minimum absolute atomic E-state index is 0.0506. The summed E-state index contributed by atoms with van der Waals surface area (Å²) in [7, 11) is 0. The predicted molar refractivity (Wildman–Crippen MR) is 193 cm³/mol. The molecule has 4 saturated heterocycles. The third-order valence-electron chi connectivity index (χ3n) is 11.3. The maximum absolute atomic E-state index is 13.8. The molecule has 2 bridgehead atoms. The van der Waals surface area contributed by atoms with Crippen molar-refractivity contribution in [2.75, 3.05) is 45.5 Å². The second-order valence-electron chi connectivity index (χ2n) is 14.4. The molecule has 0 aliphatic carbocycles. The number of aliphatic hydroxyl groups excluding tert-OH is 1. The van der Waals surface area contributed by atoms with Crippen molar-refractivity contribution in [1.29, 1.82) is 0 Å². The van der Waals surface area contributed by atoms with Crippen molar-refractivity contribution in [3.05, 3.63) is 98.4 Å². The van der Waals surface area contributed by atoms with Gasteiger partial charge in [0.15, 0.2) is 0 Å². The molecule has 5 aliphatic rings. The van der Waals surface area contributed by atoms with Gasteiger partial charge in [0, 0.05) is 48.8 Å². The summed E-state index contributed by atoms with van der Waals surface area (Å²) in [6, 6.07) is 14.5. The minimum Gasteiger partial charge on any atom is -0.456 e. The zero-order valence-corrected chi connectivity index (χ0v) is 30.6. The zero-order valence-electron chi connectivity index (χ0n) is 28.9. The lowest BCUT2D eigenvalue weighted by molar-refractivity contribution is -0.953. The fraction of sp³-hybridized carbons (Fsp3) is 0.432. The summed E-state index contributed by atoms with van der Waals surface area (Å²) < 4.78 is 11.3. The van der Waals surface area contributed by atoms with Gasteiger partial charge >= 0.3 is 5.97 Å². The molecule has 14 heteroatoms. The lowest BCUT2D eigenvalue weighted by Crippen LogP contribution is -2.66. The highest BCUT2D eigenvalue weighted by Crippen LogP contribution is 2.52. The van der Waals surface area contributed by atoms with Gasteiger partial charge in [-0.2, -0.15) is 4.40 Å². The Morgan fingerprint density at radius 2 is 1.84 bits per heavy atom. The summed E-state index contributed by atoms with van der Waals surface area (Å²) in [5, 5.41) is 22.7. The molecule has 0 radical (unpaired) electrons. The van der Waals surface area contributed by atoms with Gasteiger partial charge in [0.1, 0.15) is 31.6 Å². The van der Waals surface area contributed by atoms with Crippen LogP contribution in [0.2, 0.25) is 0 Å². The van der Waals surface area contributed by atoms with E-state index in [1.807, 2.05) is 13.1 Å². The van der Waals surface area contributed by atoms with Gasteiger partial charge in [-0.3, -0.25) is 19.8 Å². The first-order valence-corrected chi connectivity index (χ1v) is 19.5. The molecule has 4 aromatic rings. The number of thiazole rings is 1. The summed E-state index contributed by atoms with van der Waals surface area (Å²) in [6.07, 6.45) is 5.35. The first kappa shape index (κ1) is 34.0. The van der Waals surface area contributed by atoms with Gasteiger partial charge in [-0.1, -0.05) is 48.2 Å². The molecule has 7 heterocycles. The smallest absolute Gasteiger partial charge is 0.355 e. The van der Waals surface area contributed by atoms with Crippen LogP contribution < -0.4 is 4.57 Å². The molecule has 0 saturated carbocycles. The van der Waals surface area contributed by atoms with E-state index in [2.05, 4.69) is 50.7 Å². The summed E-state index contributed by atoms with van der Waals surface area (Å²) in [5.41, 5.74) is 4.14. The van der Waals surface area contributed by atoms with Crippen molar-refractivity contribution in [2.45, 2.75) is 50.7 Å². The monoisotopic (exact) mass is 730 g/mol. The standard InChI is InChI=1S/C37H42N6O6S2/c1-23-30(33(41-32(23)31(24(2)44)34(41)45)37(46)49-21-25-7-9-28(10-8-25)42(47)48)29-19-40-22-39(35(50-3)36(40)51-29)18-26-5-4-6-27(17-26)20-43-14-11-38(12-15-43)13-16-43/h4-10,17,19,22-24,31-32,44H,11-16,18,20-21H2,1-3H3/q+2/t23-,24+,31+,32+/m0/s1. The van der Waals surface area contributed by atoms with E-state index in [0.29, 0.717) is 5.56 Å². The van der Waals surface area contributed by atoms with Crippen molar-refractivity contribution in [3.8, 4) is 0 Å². The Labute approximate surface area is 304 Å². The highest BCUT2D eigenvalue weighted by molar-refractivity contribution is 7.98. The number of hydrogen-bond acceptors (Lipinski definition) is 9. The van der Waals surface area contributed by atoms with Crippen LogP contribution in [0.25, 0.3) is 10.4 Å². The van der Waals surface area contributed by atoms with Crippen molar-refractivity contribution >= 4 is 51.1 Å². The van der Waals surface area contributed by atoms with E-state index in [1.54, 1.807) is 42.2 Å². The van der Waals surface area contributed by atoms with E-state index >= 15 is 0 Å². The summed E-state index contributed by atoms with van der Waals surface area (Å²) in [6.45, 7) is 12.6. The quantitative estimate of drug-likeness (QED) is 0.0469. The third kappa shape index (κ3) is 5.96. The number of aliphatic hydroxyl groups is 1. The number of piperazine rings is 3. The van der Waals surface area contributed by atoms with Crippen LogP contribution in [0.1, 0.15) is 35.4 Å². The fourth-order valence-corrected chi connectivity index (χ4v) is 10.7. The highest BCUT2D eigenvalue weighted by atomic mass is 32.2. The first-order valence-electron chi connectivity index (χ1n) is 17.4. The number of esters is 1. The Kier molecular flexibility index (Phi) is 8.78.